The Balaban J connectivity index is 0.00000242. The zero-order chi connectivity index (χ0) is 15.2. The first-order chi connectivity index (χ1) is 10.2. The molecule has 0 heterocycles. The average molecular weight is 452 g/mol. The van der Waals surface area contributed by atoms with Crippen LogP contribution < -0.4 is 14.8 Å². The van der Waals surface area contributed by atoms with Gasteiger partial charge in [-0.1, -0.05) is 34.1 Å². The summed E-state index contributed by atoms with van der Waals surface area (Å²) in [7, 11) is 3.37. The van der Waals surface area contributed by atoms with Crippen LogP contribution in [0.15, 0.2) is 45.3 Å². The van der Waals surface area contributed by atoms with Gasteiger partial charge in [-0.25, -0.2) is 0 Å². The summed E-state index contributed by atoms with van der Waals surface area (Å²) in [6.45, 7) is 1.44. The summed E-state index contributed by atoms with van der Waals surface area (Å²) in [4.78, 5) is 0. The zero-order valence-electron chi connectivity index (χ0n) is 12.4. The number of hydrogen-bond donors (Lipinski definition) is 1. The van der Waals surface area contributed by atoms with Gasteiger partial charge in [0, 0.05) is 28.7 Å². The van der Waals surface area contributed by atoms with Crippen LogP contribution in [0.1, 0.15) is 11.1 Å². The van der Waals surface area contributed by atoms with Crippen LogP contribution in [0.3, 0.4) is 0 Å². The Morgan fingerprint density at radius 3 is 2.32 bits per heavy atom. The molecule has 0 fully saturated rings. The van der Waals surface area contributed by atoms with Gasteiger partial charge in [-0.2, -0.15) is 0 Å². The Kier molecular flexibility index (Phi) is 8.25. The van der Waals surface area contributed by atoms with E-state index in [9.17, 15) is 0 Å². The normalized spacial score (nSPS) is 10.0. The predicted molar refractivity (Wildman–Crippen MR) is 99.2 cm³/mol. The molecule has 1 N–H and O–H groups in total. The number of methoxy groups -OCH3 is 2. The van der Waals surface area contributed by atoms with Crippen molar-refractivity contribution < 1.29 is 9.47 Å². The van der Waals surface area contributed by atoms with Crippen molar-refractivity contribution in [3.8, 4) is 11.5 Å². The van der Waals surface area contributed by atoms with E-state index in [-0.39, 0.29) is 12.4 Å². The van der Waals surface area contributed by atoms with E-state index in [4.69, 9.17) is 9.47 Å². The highest BCUT2D eigenvalue weighted by atomic mass is 79.9. The van der Waals surface area contributed by atoms with Crippen molar-refractivity contribution in [3.63, 3.8) is 0 Å². The summed E-state index contributed by atoms with van der Waals surface area (Å²) in [5.74, 6) is 1.75. The molecular formula is C16H18Br2ClNO2. The minimum Gasteiger partial charge on any atom is -0.496 e. The van der Waals surface area contributed by atoms with Crippen LogP contribution in [0.25, 0.3) is 0 Å². The summed E-state index contributed by atoms with van der Waals surface area (Å²) < 4.78 is 12.8. The van der Waals surface area contributed by atoms with Crippen molar-refractivity contribution >= 4 is 44.3 Å². The van der Waals surface area contributed by atoms with Crippen molar-refractivity contribution in [3.05, 3.63) is 56.5 Å². The van der Waals surface area contributed by atoms with Gasteiger partial charge in [-0.3, -0.25) is 0 Å². The van der Waals surface area contributed by atoms with Crippen LogP contribution >= 0.6 is 44.3 Å². The van der Waals surface area contributed by atoms with E-state index in [0.717, 1.165) is 38.1 Å². The van der Waals surface area contributed by atoms with Crippen molar-refractivity contribution in [2.75, 3.05) is 14.2 Å². The number of hydrogen-bond acceptors (Lipinski definition) is 3. The smallest absolute Gasteiger partial charge is 0.137 e. The number of halogens is 3. The Labute approximate surface area is 154 Å². The Morgan fingerprint density at radius 2 is 1.64 bits per heavy atom. The molecule has 0 atom stereocenters. The largest absolute Gasteiger partial charge is 0.496 e. The highest BCUT2D eigenvalue weighted by Gasteiger charge is 2.09. The molecule has 0 unspecified atom stereocenters. The van der Waals surface area contributed by atoms with E-state index in [1.54, 1.807) is 14.2 Å². The topological polar surface area (TPSA) is 30.5 Å². The van der Waals surface area contributed by atoms with Gasteiger partial charge in [0.1, 0.15) is 11.5 Å². The maximum atomic E-state index is 5.45. The lowest BCUT2D eigenvalue weighted by atomic mass is 10.1. The molecule has 120 valence electrons. The predicted octanol–water partition coefficient (Wildman–Crippen LogP) is 4.94. The van der Waals surface area contributed by atoms with E-state index in [0.29, 0.717) is 6.54 Å². The van der Waals surface area contributed by atoms with Crippen molar-refractivity contribution in [2.45, 2.75) is 13.1 Å². The molecule has 22 heavy (non-hydrogen) atoms. The monoisotopic (exact) mass is 449 g/mol. The molecule has 3 nitrogen and oxygen atoms in total. The highest BCUT2D eigenvalue weighted by molar-refractivity contribution is 9.11. The summed E-state index contributed by atoms with van der Waals surface area (Å²) in [5, 5.41) is 3.42. The molecule has 0 aliphatic heterocycles. The van der Waals surface area contributed by atoms with Gasteiger partial charge in [-0.05, 0) is 34.1 Å². The first-order valence-electron chi connectivity index (χ1n) is 6.50. The van der Waals surface area contributed by atoms with Crippen LogP contribution in [-0.4, -0.2) is 14.2 Å². The molecule has 2 aromatic carbocycles. The number of rotatable bonds is 6. The van der Waals surface area contributed by atoms with Gasteiger partial charge < -0.3 is 14.8 Å². The first-order valence-corrected chi connectivity index (χ1v) is 8.08. The molecule has 2 aromatic rings. The molecule has 2 rings (SSSR count). The molecule has 0 saturated carbocycles. The van der Waals surface area contributed by atoms with Crippen LogP contribution in [0.4, 0.5) is 0 Å². The fourth-order valence-corrected chi connectivity index (χ4v) is 3.63. The third-order valence-electron chi connectivity index (χ3n) is 3.11. The molecule has 0 aliphatic rings. The zero-order valence-corrected chi connectivity index (χ0v) is 16.3. The first kappa shape index (κ1) is 19.3. The van der Waals surface area contributed by atoms with Crippen LogP contribution in [-0.2, 0) is 13.1 Å². The maximum absolute atomic E-state index is 5.45. The van der Waals surface area contributed by atoms with Gasteiger partial charge in [-0.15, -0.1) is 12.4 Å². The second-order valence-corrected chi connectivity index (χ2v) is 6.27. The molecule has 0 spiro atoms. The van der Waals surface area contributed by atoms with Crippen molar-refractivity contribution in [1.82, 2.24) is 5.32 Å². The highest BCUT2D eigenvalue weighted by Crippen LogP contribution is 2.32. The SMILES string of the molecule is COc1ccccc1CNCc1cc(Br)cc(Br)c1OC.Cl. The van der Waals surface area contributed by atoms with Crippen LogP contribution in [0.2, 0.25) is 0 Å². The molecule has 0 saturated heterocycles. The molecule has 0 aromatic heterocycles. The van der Waals surface area contributed by atoms with Gasteiger partial charge >= 0.3 is 0 Å². The summed E-state index contributed by atoms with van der Waals surface area (Å²) in [5.41, 5.74) is 2.22. The molecule has 0 bridgehead atoms. The summed E-state index contributed by atoms with van der Waals surface area (Å²) >= 11 is 7.02. The third-order valence-corrected chi connectivity index (χ3v) is 4.16. The van der Waals surface area contributed by atoms with Gasteiger partial charge in [0.25, 0.3) is 0 Å². The van der Waals surface area contributed by atoms with E-state index >= 15 is 0 Å². The lowest BCUT2D eigenvalue weighted by Gasteiger charge is -2.13. The van der Waals surface area contributed by atoms with E-state index in [2.05, 4.69) is 49.3 Å². The molecule has 0 amide bonds. The molecule has 0 aliphatic carbocycles. The second-order valence-electron chi connectivity index (χ2n) is 4.50. The van der Waals surface area contributed by atoms with Gasteiger partial charge in [0.2, 0.25) is 0 Å². The second kappa shape index (κ2) is 9.40. The molecule has 6 heteroatoms. The summed E-state index contributed by atoms with van der Waals surface area (Å²) in [6, 6.07) is 12.0. The number of nitrogens with one attached hydrogen (secondary N) is 1. The minimum atomic E-state index is 0. The number of ether oxygens (including phenoxy) is 2. The number of benzene rings is 2. The molecule has 0 radical (unpaired) electrons. The number of para-hydroxylation sites is 1. The Hall–Kier alpha value is -0.750. The van der Waals surface area contributed by atoms with Crippen LogP contribution in [0.5, 0.6) is 11.5 Å². The summed E-state index contributed by atoms with van der Waals surface area (Å²) in [6.07, 6.45) is 0. The van der Waals surface area contributed by atoms with Gasteiger partial charge in [0.05, 0.1) is 18.7 Å². The van der Waals surface area contributed by atoms with Gasteiger partial charge in [0.15, 0.2) is 0 Å². The Bertz CT molecular complexity index is 623. The quantitative estimate of drug-likeness (QED) is 0.675. The van der Waals surface area contributed by atoms with E-state index in [1.165, 1.54) is 0 Å². The standard InChI is InChI=1S/C16H17Br2NO2.ClH/c1-20-15-6-4-3-5-11(15)9-19-10-12-7-13(17)8-14(18)16(12)21-2;/h3-8,19H,9-10H2,1-2H3;1H. The van der Waals surface area contributed by atoms with E-state index < -0.39 is 0 Å². The fraction of sp³-hybridized carbons (Fsp3) is 0.250. The lowest BCUT2D eigenvalue weighted by Crippen LogP contribution is -2.14. The van der Waals surface area contributed by atoms with E-state index in [1.807, 2.05) is 24.3 Å². The minimum absolute atomic E-state index is 0. The fourth-order valence-electron chi connectivity index (χ4n) is 2.15. The lowest BCUT2D eigenvalue weighted by molar-refractivity contribution is 0.402. The maximum Gasteiger partial charge on any atom is 0.137 e. The van der Waals surface area contributed by atoms with Crippen molar-refractivity contribution in [1.29, 1.82) is 0 Å². The third kappa shape index (κ3) is 4.88. The van der Waals surface area contributed by atoms with Crippen molar-refractivity contribution in [2.24, 2.45) is 0 Å². The molecular weight excluding hydrogens is 433 g/mol. The van der Waals surface area contributed by atoms with Crippen LogP contribution in [0, 0.1) is 0 Å². The Morgan fingerprint density at radius 1 is 0.955 bits per heavy atom. The average Bonchev–Trinajstić information content (AvgIpc) is 2.47.